The number of carbonyl (C=O) groups excluding carboxylic acids is 1. The molecule has 2 N–H and O–H groups in total. The molecule has 1 aliphatic rings. The lowest BCUT2D eigenvalue weighted by Crippen LogP contribution is -2.51. The van der Waals surface area contributed by atoms with Crippen molar-refractivity contribution >= 4 is 11.9 Å². The summed E-state index contributed by atoms with van der Waals surface area (Å²) < 4.78 is 1.51. The van der Waals surface area contributed by atoms with Gasteiger partial charge >= 0.3 is 5.97 Å². The molecule has 1 fully saturated rings. The maximum atomic E-state index is 11.6. The van der Waals surface area contributed by atoms with Gasteiger partial charge in [-0.05, 0) is 7.05 Å². The van der Waals surface area contributed by atoms with E-state index >= 15 is 0 Å². The van der Waals surface area contributed by atoms with Crippen LogP contribution in [0, 0.1) is 0 Å². The zero-order valence-corrected chi connectivity index (χ0v) is 10.0. The molecule has 0 bridgehead atoms. The average Bonchev–Trinajstić information content (AvgIpc) is 2.73. The van der Waals surface area contributed by atoms with E-state index in [9.17, 15) is 9.59 Å². The van der Waals surface area contributed by atoms with Crippen LogP contribution >= 0.6 is 0 Å². The van der Waals surface area contributed by atoms with Gasteiger partial charge in [0.2, 0.25) is 5.91 Å². The number of likely N-dealkylation sites (tertiary alicyclic amines) is 1. The van der Waals surface area contributed by atoms with Crippen LogP contribution < -0.4 is 5.32 Å². The van der Waals surface area contributed by atoms with Crippen molar-refractivity contribution in [3.05, 3.63) is 11.9 Å². The first-order valence-corrected chi connectivity index (χ1v) is 5.69. The van der Waals surface area contributed by atoms with E-state index in [1.165, 1.54) is 10.9 Å². The second-order valence-corrected chi connectivity index (χ2v) is 4.20. The Hall–Kier alpha value is -1.96. The number of nitrogens with one attached hydrogen (secondary N) is 1. The lowest BCUT2D eigenvalue weighted by atomic mass is 10.1. The summed E-state index contributed by atoms with van der Waals surface area (Å²) in [5, 5.41) is 18.9. The maximum absolute atomic E-state index is 11.6. The Morgan fingerprint density at radius 3 is 2.83 bits per heavy atom. The number of amides is 1. The summed E-state index contributed by atoms with van der Waals surface area (Å²) in [6.07, 6.45) is 1.86. The number of nitrogens with zero attached hydrogens (tertiary/aromatic N) is 4. The summed E-state index contributed by atoms with van der Waals surface area (Å²) in [6, 6.07) is 0.0316. The van der Waals surface area contributed by atoms with Crippen molar-refractivity contribution in [1.82, 2.24) is 25.2 Å². The highest BCUT2D eigenvalue weighted by atomic mass is 16.4. The number of carbonyl (C=O) groups is 2. The van der Waals surface area contributed by atoms with Crippen molar-refractivity contribution in [2.75, 3.05) is 26.7 Å². The lowest BCUT2D eigenvalue weighted by molar-refractivity contribution is -0.137. The Morgan fingerprint density at radius 2 is 2.28 bits per heavy atom. The van der Waals surface area contributed by atoms with Crippen LogP contribution in [-0.2, 0) is 4.79 Å². The van der Waals surface area contributed by atoms with Gasteiger partial charge in [0.1, 0.15) is 0 Å². The molecule has 0 atom stereocenters. The third-order valence-corrected chi connectivity index (χ3v) is 2.91. The number of rotatable bonds is 5. The van der Waals surface area contributed by atoms with Crippen LogP contribution in [0.2, 0.25) is 0 Å². The third kappa shape index (κ3) is 2.48. The van der Waals surface area contributed by atoms with Gasteiger partial charge in [0.25, 0.3) is 0 Å². The highest BCUT2D eigenvalue weighted by Gasteiger charge is 2.32. The second kappa shape index (κ2) is 5.13. The first kappa shape index (κ1) is 12.5. The largest absolute Gasteiger partial charge is 0.476 e. The summed E-state index contributed by atoms with van der Waals surface area (Å²) in [6.45, 7) is 1.78. The summed E-state index contributed by atoms with van der Waals surface area (Å²) >= 11 is 0. The van der Waals surface area contributed by atoms with Gasteiger partial charge in [-0.2, -0.15) is 0 Å². The molecule has 18 heavy (non-hydrogen) atoms. The number of aromatic nitrogens is 3. The quantitative estimate of drug-likeness (QED) is 0.696. The Balaban J connectivity index is 1.84. The summed E-state index contributed by atoms with van der Waals surface area (Å²) in [4.78, 5) is 24.0. The first-order valence-electron chi connectivity index (χ1n) is 5.69. The third-order valence-electron chi connectivity index (χ3n) is 2.91. The maximum Gasteiger partial charge on any atom is 0.358 e. The molecule has 0 aliphatic carbocycles. The molecular formula is C10H15N5O3. The molecule has 8 heteroatoms. The molecular weight excluding hydrogens is 238 g/mol. The van der Waals surface area contributed by atoms with Gasteiger partial charge in [-0.15, -0.1) is 5.10 Å². The number of hydrogen-bond donors (Lipinski definition) is 2. The molecule has 2 heterocycles. The van der Waals surface area contributed by atoms with E-state index in [2.05, 4.69) is 15.6 Å². The molecule has 0 radical (unpaired) electrons. The van der Waals surface area contributed by atoms with Crippen molar-refractivity contribution in [3.8, 4) is 0 Å². The molecule has 98 valence electrons. The molecule has 1 amide bonds. The van der Waals surface area contributed by atoms with Crippen molar-refractivity contribution in [3.63, 3.8) is 0 Å². The summed E-state index contributed by atoms with van der Waals surface area (Å²) in [5.41, 5.74) is -0.0741. The Bertz CT molecular complexity index is 452. The smallest absolute Gasteiger partial charge is 0.358 e. The van der Waals surface area contributed by atoms with E-state index in [1.54, 1.807) is 11.9 Å². The fourth-order valence-electron chi connectivity index (χ4n) is 1.77. The van der Waals surface area contributed by atoms with Gasteiger partial charge in [0.15, 0.2) is 5.69 Å². The minimum absolute atomic E-state index is 0.0316. The van der Waals surface area contributed by atoms with Crippen LogP contribution in [0.1, 0.15) is 23.0 Å². The number of carboxylic acids is 1. The number of hydrogen-bond acceptors (Lipinski definition) is 5. The molecule has 0 unspecified atom stereocenters. The van der Waals surface area contributed by atoms with Crippen molar-refractivity contribution < 1.29 is 14.7 Å². The number of aromatic carboxylic acids is 1. The van der Waals surface area contributed by atoms with E-state index in [0.29, 0.717) is 26.1 Å². The fourth-order valence-corrected chi connectivity index (χ4v) is 1.77. The molecule has 0 aromatic carbocycles. The normalized spacial score (nSPS) is 15.5. The Morgan fingerprint density at radius 1 is 1.56 bits per heavy atom. The highest BCUT2D eigenvalue weighted by Crippen LogP contribution is 2.20. The molecule has 1 aromatic heterocycles. The van der Waals surface area contributed by atoms with Crippen molar-refractivity contribution in [2.45, 2.75) is 12.5 Å². The van der Waals surface area contributed by atoms with Crippen LogP contribution in [0.25, 0.3) is 0 Å². The Kier molecular flexibility index (Phi) is 3.56. The molecule has 1 aliphatic heterocycles. The lowest BCUT2D eigenvalue weighted by Gasteiger charge is -2.38. The minimum atomic E-state index is -1.09. The zero-order chi connectivity index (χ0) is 13.1. The van der Waals surface area contributed by atoms with Gasteiger partial charge < -0.3 is 15.3 Å². The van der Waals surface area contributed by atoms with Crippen LogP contribution in [0.5, 0.6) is 0 Å². The molecule has 1 saturated heterocycles. The first-order chi connectivity index (χ1) is 8.61. The molecule has 0 spiro atoms. The molecule has 0 saturated carbocycles. The SMILES string of the molecule is CNCCC(=O)N1CC(n2cc(C(=O)O)nn2)C1. The van der Waals surface area contributed by atoms with Crippen LogP contribution in [0.3, 0.4) is 0 Å². The fraction of sp³-hybridized carbons (Fsp3) is 0.600. The second-order valence-electron chi connectivity index (χ2n) is 4.20. The average molecular weight is 253 g/mol. The summed E-state index contributed by atoms with van der Waals surface area (Å²) in [5.74, 6) is -0.998. The summed E-state index contributed by atoms with van der Waals surface area (Å²) in [7, 11) is 1.80. The zero-order valence-electron chi connectivity index (χ0n) is 10.0. The number of carboxylic acid groups (broad SMARTS) is 1. The van der Waals surface area contributed by atoms with Gasteiger partial charge in [-0.3, -0.25) is 4.79 Å². The predicted molar refractivity (Wildman–Crippen MR) is 61.1 cm³/mol. The topological polar surface area (TPSA) is 100 Å². The standard InChI is InChI=1S/C10H15N5O3/c1-11-3-2-9(16)14-4-7(5-14)15-6-8(10(17)18)12-13-15/h6-7,11H,2-5H2,1H3,(H,17,18). The van der Waals surface area contributed by atoms with Gasteiger partial charge in [0, 0.05) is 26.1 Å². The van der Waals surface area contributed by atoms with Crippen molar-refractivity contribution in [2.24, 2.45) is 0 Å². The van der Waals surface area contributed by atoms with E-state index in [4.69, 9.17) is 5.11 Å². The van der Waals surface area contributed by atoms with Crippen LogP contribution in [0.15, 0.2) is 6.20 Å². The van der Waals surface area contributed by atoms with E-state index in [-0.39, 0.29) is 17.6 Å². The van der Waals surface area contributed by atoms with Gasteiger partial charge in [-0.1, -0.05) is 5.21 Å². The predicted octanol–water partition coefficient (Wildman–Crippen LogP) is -1.03. The Labute approximate surface area is 104 Å². The van der Waals surface area contributed by atoms with Crippen LogP contribution in [-0.4, -0.2) is 63.6 Å². The molecule has 1 aromatic rings. The van der Waals surface area contributed by atoms with E-state index < -0.39 is 5.97 Å². The highest BCUT2D eigenvalue weighted by molar-refractivity contribution is 5.84. The van der Waals surface area contributed by atoms with Gasteiger partial charge in [-0.25, -0.2) is 9.48 Å². The van der Waals surface area contributed by atoms with E-state index in [1.807, 2.05) is 0 Å². The molecule has 2 rings (SSSR count). The van der Waals surface area contributed by atoms with E-state index in [0.717, 1.165) is 0 Å². The minimum Gasteiger partial charge on any atom is -0.476 e. The van der Waals surface area contributed by atoms with Gasteiger partial charge in [0.05, 0.1) is 12.2 Å². The van der Waals surface area contributed by atoms with Crippen molar-refractivity contribution in [1.29, 1.82) is 0 Å². The monoisotopic (exact) mass is 253 g/mol. The van der Waals surface area contributed by atoms with Crippen LogP contribution in [0.4, 0.5) is 0 Å². The molecule has 8 nitrogen and oxygen atoms in total.